The lowest BCUT2D eigenvalue weighted by Crippen LogP contribution is -2.22. The number of benzene rings is 2. The lowest BCUT2D eigenvalue weighted by atomic mass is 10.1. The second kappa shape index (κ2) is 9.40. The number of Topliss-reactive ketones (excluding diaryl/α,β-unsaturated/α-hetero) is 1. The Labute approximate surface area is 192 Å². The summed E-state index contributed by atoms with van der Waals surface area (Å²) in [5, 5.41) is 3.85. The summed E-state index contributed by atoms with van der Waals surface area (Å²) < 4.78 is 26.0. The maximum absolute atomic E-state index is 12.6. The molecule has 0 aliphatic heterocycles. The highest BCUT2D eigenvalue weighted by molar-refractivity contribution is 8.00. The molecule has 1 heterocycles. The van der Waals surface area contributed by atoms with Crippen LogP contribution in [-0.2, 0) is 14.8 Å². The number of anilines is 1. The number of carbonyl (C=O) groups excluding carboxylic acids is 2. The minimum absolute atomic E-state index is 0.0315. The zero-order valence-corrected chi connectivity index (χ0v) is 20.2. The number of nitrogens with zero attached hydrogens (tertiary/aromatic N) is 2. The molecular formula is C23H25N3O4S2. The van der Waals surface area contributed by atoms with Crippen molar-refractivity contribution < 1.29 is 18.0 Å². The van der Waals surface area contributed by atoms with Gasteiger partial charge in [0.1, 0.15) is 0 Å². The molecule has 32 heavy (non-hydrogen) atoms. The Balaban J connectivity index is 1.77. The van der Waals surface area contributed by atoms with E-state index in [2.05, 4.69) is 10.3 Å². The average molecular weight is 472 g/mol. The average Bonchev–Trinajstić information content (AvgIpc) is 2.73. The molecule has 1 atom stereocenters. The Kier molecular flexibility index (Phi) is 7.02. The Morgan fingerprint density at radius 3 is 2.31 bits per heavy atom. The fourth-order valence-electron chi connectivity index (χ4n) is 3.04. The Hall–Kier alpha value is -2.75. The second-order valence-electron chi connectivity index (χ2n) is 7.63. The summed E-state index contributed by atoms with van der Waals surface area (Å²) in [7, 11) is -0.545. The summed E-state index contributed by atoms with van der Waals surface area (Å²) in [6.07, 6.45) is 0. The zero-order valence-electron chi connectivity index (χ0n) is 18.5. The van der Waals surface area contributed by atoms with Gasteiger partial charge < -0.3 is 5.32 Å². The highest BCUT2D eigenvalue weighted by Gasteiger charge is 2.20. The second-order valence-corrected chi connectivity index (χ2v) is 11.1. The van der Waals surface area contributed by atoms with Gasteiger partial charge in [0.15, 0.2) is 5.78 Å². The summed E-state index contributed by atoms with van der Waals surface area (Å²) >= 11 is 1.32. The van der Waals surface area contributed by atoms with Crippen LogP contribution in [0.5, 0.6) is 0 Å². The van der Waals surface area contributed by atoms with Gasteiger partial charge in [0.05, 0.1) is 20.7 Å². The Morgan fingerprint density at radius 2 is 1.72 bits per heavy atom. The van der Waals surface area contributed by atoms with Crippen LogP contribution in [0.3, 0.4) is 0 Å². The van der Waals surface area contributed by atoms with Gasteiger partial charge in [-0.1, -0.05) is 11.8 Å². The van der Waals surface area contributed by atoms with Crippen molar-refractivity contribution in [1.29, 1.82) is 0 Å². The van der Waals surface area contributed by atoms with Crippen molar-refractivity contribution in [2.45, 2.75) is 35.9 Å². The number of aromatic nitrogens is 1. The van der Waals surface area contributed by atoms with E-state index in [-0.39, 0.29) is 16.6 Å². The summed E-state index contributed by atoms with van der Waals surface area (Å²) in [4.78, 5) is 28.8. The molecule has 0 radical (unpaired) electrons. The molecule has 1 amide bonds. The maximum Gasteiger partial charge on any atom is 0.242 e. The molecule has 0 spiro atoms. The van der Waals surface area contributed by atoms with Crippen molar-refractivity contribution in [3.8, 4) is 0 Å². The van der Waals surface area contributed by atoms with E-state index in [1.54, 1.807) is 49.4 Å². The largest absolute Gasteiger partial charge is 0.325 e. The van der Waals surface area contributed by atoms with Gasteiger partial charge in [-0.25, -0.2) is 17.7 Å². The lowest BCUT2D eigenvalue weighted by Gasteiger charge is -2.14. The van der Waals surface area contributed by atoms with Gasteiger partial charge in [-0.15, -0.1) is 0 Å². The van der Waals surface area contributed by atoms with Gasteiger partial charge in [-0.3, -0.25) is 9.59 Å². The number of hydrogen-bond donors (Lipinski definition) is 1. The smallest absolute Gasteiger partial charge is 0.242 e. The van der Waals surface area contributed by atoms with Gasteiger partial charge in [0, 0.05) is 30.7 Å². The molecule has 7 nitrogen and oxygen atoms in total. The molecule has 3 aromatic rings. The van der Waals surface area contributed by atoms with Crippen molar-refractivity contribution in [3.05, 3.63) is 59.7 Å². The van der Waals surface area contributed by atoms with Crippen LogP contribution < -0.4 is 5.32 Å². The van der Waals surface area contributed by atoms with Crippen LogP contribution in [0.4, 0.5) is 5.69 Å². The highest BCUT2D eigenvalue weighted by atomic mass is 32.2. The van der Waals surface area contributed by atoms with E-state index < -0.39 is 15.3 Å². The number of rotatable bonds is 7. The van der Waals surface area contributed by atoms with Gasteiger partial charge in [-0.2, -0.15) is 0 Å². The quantitative estimate of drug-likeness (QED) is 0.411. The van der Waals surface area contributed by atoms with Crippen LogP contribution in [-0.4, -0.2) is 48.7 Å². The van der Waals surface area contributed by atoms with Crippen LogP contribution in [0.1, 0.15) is 29.8 Å². The molecule has 0 aliphatic carbocycles. The molecule has 3 rings (SSSR count). The summed E-state index contributed by atoms with van der Waals surface area (Å²) in [5.74, 6) is -0.214. The number of amides is 1. The lowest BCUT2D eigenvalue weighted by molar-refractivity contribution is -0.115. The molecule has 1 N–H and O–H groups in total. The molecule has 0 bridgehead atoms. The Bertz CT molecular complexity index is 1290. The molecule has 9 heteroatoms. The number of nitrogens with one attached hydrogen (secondary N) is 1. The van der Waals surface area contributed by atoms with E-state index >= 15 is 0 Å². The predicted molar refractivity (Wildman–Crippen MR) is 128 cm³/mol. The number of ketones is 1. The van der Waals surface area contributed by atoms with Crippen LogP contribution in [0, 0.1) is 6.92 Å². The van der Waals surface area contributed by atoms with Crippen LogP contribution in [0.2, 0.25) is 0 Å². The molecule has 168 valence electrons. The fraction of sp³-hybridized carbons (Fsp3) is 0.261. The van der Waals surface area contributed by atoms with E-state index in [0.717, 1.165) is 10.9 Å². The van der Waals surface area contributed by atoms with Crippen molar-refractivity contribution in [2.24, 2.45) is 0 Å². The van der Waals surface area contributed by atoms with Gasteiger partial charge >= 0.3 is 0 Å². The van der Waals surface area contributed by atoms with Crippen LogP contribution in [0.15, 0.2) is 58.5 Å². The van der Waals surface area contributed by atoms with Crippen LogP contribution >= 0.6 is 11.8 Å². The molecule has 0 fully saturated rings. The standard InChI is InChI=1S/C23H25N3O4S2/c1-14-12-22(25-21-11-10-19(13-20(14)21)32(29,30)26(4)5)31-16(3)23(28)24-18-8-6-17(7-9-18)15(2)27/h6-13,16H,1-5H3,(H,24,28). The van der Waals surface area contributed by atoms with Crippen molar-refractivity contribution in [3.63, 3.8) is 0 Å². The molecule has 0 aliphatic rings. The molecular weight excluding hydrogens is 446 g/mol. The first-order chi connectivity index (χ1) is 15.0. The minimum atomic E-state index is -3.53. The number of hydrogen-bond acceptors (Lipinski definition) is 6. The number of carbonyl (C=O) groups is 2. The third-order valence-corrected chi connectivity index (χ3v) is 7.80. The molecule has 2 aromatic carbocycles. The fourth-order valence-corrected chi connectivity index (χ4v) is 4.89. The normalized spacial score (nSPS) is 12.7. The van der Waals surface area contributed by atoms with Crippen LogP contribution in [0.25, 0.3) is 10.9 Å². The minimum Gasteiger partial charge on any atom is -0.325 e. The van der Waals surface area contributed by atoms with E-state index in [1.165, 1.54) is 37.1 Å². The molecule has 0 saturated heterocycles. The number of sulfonamides is 1. The van der Waals surface area contributed by atoms with E-state index in [0.29, 0.717) is 21.8 Å². The number of pyridine rings is 1. The zero-order chi connectivity index (χ0) is 23.6. The highest BCUT2D eigenvalue weighted by Crippen LogP contribution is 2.29. The van der Waals surface area contributed by atoms with Gasteiger partial charge in [0.25, 0.3) is 0 Å². The van der Waals surface area contributed by atoms with E-state index in [1.807, 2.05) is 13.0 Å². The Morgan fingerprint density at radius 1 is 1.06 bits per heavy atom. The van der Waals surface area contributed by atoms with Crippen molar-refractivity contribution >= 4 is 50.1 Å². The third-order valence-electron chi connectivity index (χ3n) is 4.97. The summed E-state index contributed by atoms with van der Waals surface area (Å²) in [6.45, 7) is 5.17. The van der Waals surface area contributed by atoms with Gasteiger partial charge in [0.2, 0.25) is 15.9 Å². The first kappa shape index (κ1) is 23.9. The third kappa shape index (κ3) is 5.17. The molecule has 1 aromatic heterocycles. The SMILES string of the molecule is CC(=O)c1ccc(NC(=O)C(C)Sc2cc(C)c3cc(S(=O)(=O)N(C)C)ccc3n2)cc1. The maximum atomic E-state index is 12.6. The predicted octanol–water partition coefficient (Wildman–Crippen LogP) is 4.12. The monoisotopic (exact) mass is 471 g/mol. The van der Waals surface area contributed by atoms with Gasteiger partial charge in [-0.05, 0) is 74.9 Å². The van der Waals surface area contributed by atoms with E-state index in [9.17, 15) is 18.0 Å². The first-order valence-electron chi connectivity index (χ1n) is 9.91. The first-order valence-corrected chi connectivity index (χ1v) is 12.2. The van der Waals surface area contributed by atoms with Crippen molar-refractivity contribution in [2.75, 3.05) is 19.4 Å². The van der Waals surface area contributed by atoms with Crippen molar-refractivity contribution in [1.82, 2.24) is 9.29 Å². The topological polar surface area (TPSA) is 96.4 Å². The molecule has 0 saturated carbocycles. The molecule has 1 unspecified atom stereocenters. The number of fused-ring (bicyclic) bond motifs is 1. The van der Waals surface area contributed by atoms with E-state index in [4.69, 9.17) is 0 Å². The summed E-state index contributed by atoms with van der Waals surface area (Å²) in [6, 6.07) is 13.5. The number of aryl methyl sites for hydroxylation is 1. The summed E-state index contributed by atoms with van der Waals surface area (Å²) in [5.41, 5.74) is 2.74. The number of thioether (sulfide) groups is 1.